The van der Waals surface area contributed by atoms with E-state index in [1.807, 2.05) is 30.3 Å². The number of carbonyl (C=O) groups excluding carboxylic acids is 1. The Labute approximate surface area is 175 Å². The lowest BCUT2D eigenvalue weighted by molar-refractivity contribution is 0.155. The topological polar surface area (TPSA) is 94.8 Å². The first-order valence-corrected chi connectivity index (χ1v) is 8.84. The van der Waals surface area contributed by atoms with Crippen molar-refractivity contribution in [2.24, 2.45) is 6.98 Å². The Morgan fingerprint density at radius 1 is 1.20 bits per heavy atom. The second-order valence-electron chi connectivity index (χ2n) is 6.22. The van der Waals surface area contributed by atoms with Crippen LogP contribution in [0.15, 0.2) is 66.9 Å². The van der Waals surface area contributed by atoms with Gasteiger partial charge in [0.05, 0.1) is 6.98 Å². The molecule has 0 unspecified atom stereocenters. The number of nitrogens with zero attached hydrogens (tertiary/aromatic N) is 5. The highest BCUT2D eigenvalue weighted by Crippen LogP contribution is 2.26. The van der Waals surface area contributed by atoms with E-state index >= 15 is 0 Å². The van der Waals surface area contributed by atoms with Gasteiger partial charge in [0.15, 0.2) is 0 Å². The molecule has 30 heavy (non-hydrogen) atoms. The normalized spacial score (nSPS) is 12.5. The predicted molar refractivity (Wildman–Crippen MR) is 108 cm³/mol. The van der Waals surface area contributed by atoms with Crippen LogP contribution in [0, 0.1) is 5.82 Å². The van der Waals surface area contributed by atoms with Gasteiger partial charge in [-0.15, -0.1) is 10.2 Å². The van der Waals surface area contributed by atoms with Gasteiger partial charge in [0.2, 0.25) is 5.82 Å². The highest BCUT2D eigenvalue weighted by molar-refractivity contribution is 5.85. The predicted octanol–water partition coefficient (Wildman–Crippen LogP) is 3.83. The first-order chi connectivity index (χ1) is 15.8. The van der Waals surface area contributed by atoms with E-state index in [1.54, 1.807) is 12.1 Å². The van der Waals surface area contributed by atoms with Gasteiger partial charge in [-0.2, -0.15) is 4.80 Å². The molecule has 0 aliphatic carbocycles. The molecule has 0 aliphatic heterocycles. The molecule has 9 heteroatoms. The number of benzene rings is 2. The number of hydrogen-bond acceptors (Lipinski definition) is 6. The number of aromatic nitrogens is 5. The van der Waals surface area contributed by atoms with Crippen molar-refractivity contribution in [3.8, 4) is 22.6 Å². The van der Waals surface area contributed by atoms with Gasteiger partial charge < -0.3 is 4.74 Å². The summed E-state index contributed by atoms with van der Waals surface area (Å²) < 4.78 is 41.6. The lowest BCUT2D eigenvalue weighted by atomic mass is 10.1. The SMILES string of the molecule is [2H]C([2H])([2H])n1nnc(-c2ccc(-c3ccc(NC(=O)OCc4ccccc4)cc3F)cn2)n1. The van der Waals surface area contributed by atoms with Gasteiger partial charge in [-0.1, -0.05) is 36.4 Å². The molecule has 0 radical (unpaired) electrons. The lowest BCUT2D eigenvalue weighted by Crippen LogP contribution is -2.13. The standard InChI is InChI=1S/C21H17FN6O2/c1-28-26-20(25-27-28)19-10-7-15(12-23-19)17-9-8-16(11-18(17)22)24-21(29)30-13-14-5-3-2-4-6-14/h2-12H,13H2,1H3,(H,24,29)/i1D3. The smallest absolute Gasteiger partial charge is 0.411 e. The van der Waals surface area contributed by atoms with Gasteiger partial charge in [0, 0.05) is 27.1 Å². The van der Waals surface area contributed by atoms with Crippen LogP contribution in [0.25, 0.3) is 22.6 Å². The zero-order chi connectivity index (χ0) is 23.4. The summed E-state index contributed by atoms with van der Waals surface area (Å²) in [7, 11) is 0. The van der Waals surface area contributed by atoms with Crippen LogP contribution in [-0.2, 0) is 18.3 Å². The van der Waals surface area contributed by atoms with Crippen molar-refractivity contribution in [1.29, 1.82) is 0 Å². The molecule has 0 atom stereocenters. The molecule has 2 heterocycles. The van der Waals surface area contributed by atoms with Crippen molar-refractivity contribution in [1.82, 2.24) is 25.2 Å². The molecule has 1 amide bonds. The Balaban J connectivity index is 1.42. The van der Waals surface area contributed by atoms with E-state index < -0.39 is 18.9 Å². The number of amides is 1. The van der Waals surface area contributed by atoms with Crippen LogP contribution >= 0.6 is 0 Å². The number of ether oxygens (including phenoxy) is 1. The largest absolute Gasteiger partial charge is 0.444 e. The maximum absolute atomic E-state index is 14.7. The zero-order valence-electron chi connectivity index (χ0n) is 18.5. The number of nitrogens with one attached hydrogen (secondary N) is 1. The van der Waals surface area contributed by atoms with Crippen molar-refractivity contribution >= 4 is 11.8 Å². The van der Waals surface area contributed by atoms with Crippen molar-refractivity contribution < 1.29 is 18.0 Å². The Morgan fingerprint density at radius 2 is 2.07 bits per heavy atom. The quantitative estimate of drug-likeness (QED) is 0.540. The van der Waals surface area contributed by atoms with Gasteiger partial charge in [-0.3, -0.25) is 10.3 Å². The molecule has 8 nitrogen and oxygen atoms in total. The second kappa shape index (κ2) is 8.48. The number of anilines is 1. The molecule has 0 fully saturated rings. The number of halogens is 1. The van der Waals surface area contributed by atoms with E-state index in [0.717, 1.165) is 5.56 Å². The van der Waals surface area contributed by atoms with E-state index in [-0.39, 0.29) is 29.4 Å². The molecule has 1 N–H and O–H groups in total. The van der Waals surface area contributed by atoms with Gasteiger partial charge in [0.25, 0.3) is 0 Å². The summed E-state index contributed by atoms with van der Waals surface area (Å²) in [6.45, 7) is -2.45. The van der Waals surface area contributed by atoms with Crippen LogP contribution < -0.4 is 5.32 Å². The van der Waals surface area contributed by atoms with E-state index in [1.165, 1.54) is 24.4 Å². The van der Waals surface area contributed by atoms with Crippen LogP contribution in [0.4, 0.5) is 14.9 Å². The summed E-state index contributed by atoms with van der Waals surface area (Å²) in [6.07, 6.45) is 0.708. The third kappa shape index (κ3) is 4.46. The molecule has 2 aromatic heterocycles. The molecule has 0 spiro atoms. The van der Waals surface area contributed by atoms with Gasteiger partial charge >= 0.3 is 6.09 Å². The summed E-state index contributed by atoms with van der Waals surface area (Å²) in [5.74, 6) is -0.538. The summed E-state index contributed by atoms with van der Waals surface area (Å²) in [5.41, 5.74) is 2.09. The average Bonchev–Trinajstić information content (AvgIpc) is 3.30. The zero-order valence-corrected chi connectivity index (χ0v) is 15.5. The molecule has 0 saturated heterocycles. The Hall–Kier alpha value is -4.14. The lowest BCUT2D eigenvalue weighted by Gasteiger charge is -2.09. The van der Waals surface area contributed by atoms with Crippen molar-refractivity contribution in [3.63, 3.8) is 0 Å². The summed E-state index contributed by atoms with van der Waals surface area (Å²) in [4.78, 5) is 16.7. The highest BCUT2D eigenvalue weighted by Gasteiger charge is 2.11. The minimum atomic E-state index is -2.54. The third-order valence-electron chi connectivity index (χ3n) is 4.15. The molecule has 4 rings (SSSR count). The molecular formula is C21H17FN6O2. The summed E-state index contributed by atoms with van der Waals surface area (Å²) >= 11 is 0. The molecule has 0 saturated carbocycles. The van der Waals surface area contributed by atoms with Gasteiger partial charge in [-0.05, 0) is 35.0 Å². The van der Waals surface area contributed by atoms with Crippen LogP contribution in [0.2, 0.25) is 0 Å². The molecule has 0 bridgehead atoms. The molecule has 2 aromatic carbocycles. The minimum absolute atomic E-state index is 0.0340. The molecule has 4 aromatic rings. The van der Waals surface area contributed by atoms with Crippen molar-refractivity contribution in [2.75, 3.05) is 5.32 Å². The number of aryl methyl sites for hydroxylation is 1. The molecule has 0 aliphatic rings. The number of rotatable bonds is 5. The monoisotopic (exact) mass is 407 g/mol. The average molecular weight is 407 g/mol. The van der Waals surface area contributed by atoms with Gasteiger partial charge in [0.1, 0.15) is 18.1 Å². The number of carbonyl (C=O) groups is 1. The maximum Gasteiger partial charge on any atom is 0.411 e. The fourth-order valence-electron chi connectivity index (χ4n) is 2.71. The van der Waals surface area contributed by atoms with E-state index in [2.05, 4.69) is 25.7 Å². The summed E-state index contributed by atoms with van der Waals surface area (Å²) in [6, 6.07) is 16.5. The Morgan fingerprint density at radius 3 is 2.77 bits per heavy atom. The van der Waals surface area contributed by atoms with Crippen LogP contribution in [0.1, 0.15) is 9.68 Å². The Bertz CT molecular complexity index is 1260. The van der Waals surface area contributed by atoms with E-state index in [4.69, 9.17) is 8.85 Å². The third-order valence-corrected chi connectivity index (χ3v) is 4.15. The molecule has 150 valence electrons. The van der Waals surface area contributed by atoms with Gasteiger partial charge in [-0.25, -0.2) is 9.18 Å². The first-order valence-electron chi connectivity index (χ1n) is 10.3. The first kappa shape index (κ1) is 15.7. The van der Waals surface area contributed by atoms with Crippen molar-refractivity contribution in [2.45, 2.75) is 6.61 Å². The minimum Gasteiger partial charge on any atom is -0.444 e. The Kier molecular flexibility index (Phi) is 4.45. The maximum atomic E-state index is 14.7. The highest BCUT2D eigenvalue weighted by atomic mass is 19.1. The van der Waals surface area contributed by atoms with Crippen LogP contribution in [0.5, 0.6) is 0 Å². The van der Waals surface area contributed by atoms with Crippen molar-refractivity contribution in [3.05, 3.63) is 78.2 Å². The fourth-order valence-corrected chi connectivity index (χ4v) is 2.71. The second-order valence-corrected chi connectivity index (χ2v) is 6.22. The number of pyridine rings is 1. The van der Waals surface area contributed by atoms with Crippen LogP contribution in [-0.4, -0.2) is 31.3 Å². The molecular weight excluding hydrogens is 387 g/mol. The number of tetrazole rings is 1. The number of hydrogen-bond donors (Lipinski definition) is 1. The van der Waals surface area contributed by atoms with E-state index in [9.17, 15) is 9.18 Å². The van der Waals surface area contributed by atoms with Crippen LogP contribution in [0.3, 0.4) is 0 Å². The fraction of sp³-hybridized carbons (Fsp3) is 0.0952. The summed E-state index contributed by atoms with van der Waals surface area (Å²) in [5, 5.41) is 13.4. The van der Waals surface area contributed by atoms with E-state index in [0.29, 0.717) is 10.4 Å².